The molecule has 3 aliphatic rings. The minimum Gasteiger partial charge on any atom is -0.390 e. The Hall–Kier alpha value is -0.940. The summed E-state index contributed by atoms with van der Waals surface area (Å²) in [6, 6.07) is -0.678. The lowest BCUT2D eigenvalue weighted by Crippen LogP contribution is -2.44. The van der Waals surface area contributed by atoms with Crippen LogP contribution in [-0.2, 0) is 38.0 Å². The second kappa shape index (κ2) is 16.0. The molecule has 14 heteroatoms. The van der Waals surface area contributed by atoms with E-state index in [4.69, 9.17) is 33.2 Å². The summed E-state index contributed by atoms with van der Waals surface area (Å²) in [5.74, 6) is 0.964. The fraction of sp³-hybridized carbons (Fsp3) is 0.810. The first-order valence-corrected chi connectivity index (χ1v) is 13.9. The van der Waals surface area contributed by atoms with E-state index in [-0.39, 0.29) is 25.2 Å². The van der Waals surface area contributed by atoms with Gasteiger partial charge in [0.2, 0.25) is 5.91 Å². The Labute approximate surface area is 213 Å². The Balaban J connectivity index is 0.00000210. The van der Waals surface area contributed by atoms with E-state index in [1.54, 1.807) is 21.6 Å². The lowest BCUT2D eigenvalue weighted by atomic mass is 10.2. The van der Waals surface area contributed by atoms with Gasteiger partial charge in [-0.3, -0.25) is 15.0 Å². The molecule has 0 aromatic carbocycles. The number of rotatable bonds is 11. The first-order chi connectivity index (χ1) is 16.9. The summed E-state index contributed by atoms with van der Waals surface area (Å²) in [6.07, 6.45) is -1.08. The molecule has 3 rings (SSSR count). The average Bonchev–Trinajstić information content (AvgIpc) is 3.57. The monoisotopic (exact) mass is 540 g/mol. The molecule has 0 aromatic rings. The van der Waals surface area contributed by atoms with Gasteiger partial charge in [0.05, 0.1) is 38.1 Å². The number of aliphatic hydroxyl groups is 1. The lowest BCUT2D eigenvalue weighted by Gasteiger charge is -2.24. The summed E-state index contributed by atoms with van der Waals surface area (Å²) in [5, 5.41) is 12.4. The normalized spacial score (nSPS) is 32.1. The highest BCUT2D eigenvalue weighted by molar-refractivity contribution is 8.76. The van der Waals surface area contributed by atoms with Gasteiger partial charge in [-0.05, 0) is 0 Å². The smallest absolute Gasteiger partial charge is 0.330 e. The summed E-state index contributed by atoms with van der Waals surface area (Å²) in [6.45, 7) is 8.25. The van der Waals surface area contributed by atoms with Gasteiger partial charge in [0.1, 0.15) is 12.3 Å². The van der Waals surface area contributed by atoms with Crippen molar-refractivity contribution in [1.29, 1.82) is 0 Å². The first kappa shape index (κ1) is 30.3. The van der Waals surface area contributed by atoms with Crippen LogP contribution >= 0.6 is 21.6 Å². The van der Waals surface area contributed by atoms with Crippen molar-refractivity contribution in [2.45, 2.75) is 70.8 Å². The van der Waals surface area contributed by atoms with E-state index in [0.29, 0.717) is 19.0 Å². The predicted octanol–water partition coefficient (Wildman–Crippen LogP) is 1.63. The molecular weight excluding hydrogens is 504 g/mol. The van der Waals surface area contributed by atoms with Gasteiger partial charge in [-0.25, -0.2) is 4.79 Å². The van der Waals surface area contributed by atoms with Gasteiger partial charge in [-0.15, -0.1) is 0 Å². The van der Waals surface area contributed by atoms with Crippen LogP contribution in [0.2, 0.25) is 0 Å². The van der Waals surface area contributed by atoms with Gasteiger partial charge >= 0.3 is 6.03 Å². The molecule has 0 aliphatic carbocycles. The molecular formula is C21H36N2O10S2. The van der Waals surface area contributed by atoms with Crippen LogP contribution in [0.15, 0.2) is 12.8 Å². The van der Waals surface area contributed by atoms with Crippen LogP contribution in [0.5, 0.6) is 0 Å². The molecule has 2 N–H and O–H groups in total. The van der Waals surface area contributed by atoms with Gasteiger partial charge in [-0.2, -0.15) is 0 Å². The van der Waals surface area contributed by atoms with E-state index in [1.807, 2.05) is 13.8 Å². The highest BCUT2D eigenvalue weighted by Gasteiger charge is 2.39. The van der Waals surface area contributed by atoms with E-state index >= 15 is 0 Å². The molecule has 3 heterocycles. The molecule has 3 saturated heterocycles. The first-order valence-electron chi connectivity index (χ1n) is 11.4. The number of hydrogen-bond donors (Lipinski definition) is 2. The fourth-order valence-electron chi connectivity index (χ4n) is 3.23. The largest absolute Gasteiger partial charge is 0.390 e. The van der Waals surface area contributed by atoms with Gasteiger partial charge in [0, 0.05) is 38.2 Å². The highest BCUT2D eigenvalue weighted by atomic mass is 33.1. The summed E-state index contributed by atoms with van der Waals surface area (Å²) >= 11 is 0. The van der Waals surface area contributed by atoms with Crippen molar-refractivity contribution in [2.24, 2.45) is 0 Å². The van der Waals surface area contributed by atoms with Crippen molar-refractivity contribution in [3.8, 4) is 0 Å². The molecule has 0 saturated carbocycles. The SMILES string of the molecule is C=CN(C(=O)NC(C)=O)C1CC(O)C(COC2OCC(CSSCC3COC(OC)O3)O2)O1.CC. The van der Waals surface area contributed by atoms with Crippen molar-refractivity contribution >= 4 is 33.5 Å². The zero-order valence-corrected chi connectivity index (χ0v) is 22.1. The maximum absolute atomic E-state index is 12.1. The summed E-state index contributed by atoms with van der Waals surface area (Å²) < 4.78 is 38.3. The van der Waals surface area contributed by atoms with Crippen LogP contribution in [0.4, 0.5) is 4.79 Å². The molecule has 0 bridgehead atoms. The molecule has 7 atom stereocenters. The van der Waals surface area contributed by atoms with E-state index in [9.17, 15) is 14.7 Å². The Morgan fingerprint density at radius 2 is 1.71 bits per heavy atom. The van der Waals surface area contributed by atoms with Crippen molar-refractivity contribution in [2.75, 3.05) is 38.4 Å². The zero-order valence-electron chi connectivity index (χ0n) is 20.5. The maximum atomic E-state index is 12.1. The molecule has 35 heavy (non-hydrogen) atoms. The number of carbonyl (C=O) groups is 2. The number of aliphatic hydroxyl groups excluding tert-OH is 1. The van der Waals surface area contributed by atoms with E-state index in [2.05, 4.69) is 11.9 Å². The van der Waals surface area contributed by atoms with Crippen molar-refractivity contribution in [3.63, 3.8) is 0 Å². The Morgan fingerprint density at radius 3 is 2.26 bits per heavy atom. The zero-order chi connectivity index (χ0) is 25.8. The molecule has 0 radical (unpaired) electrons. The number of hydrogen-bond acceptors (Lipinski definition) is 12. The molecule has 0 spiro atoms. The van der Waals surface area contributed by atoms with Crippen molar-refractivity contribution in [1.82, 2.24) is 10.2 Å². The summed E-state index contributed by atoms with van der Waals surface area (Å²) in [4.78, 5) is 24.3. The van der Waals surface area contributed by atoms with Crippen LogP contribution in [0.3, 0.4) is 0 Å². The Morgan fingerprint density at radius 1 is 1.11 bits per heavy atom. The number of carbonyl (C=O) groups excluding carboxylic acids is 2. The molecule has 7 unspecified atom stereocenters. The molecule has 3 fully saturated rings. The number of ether oxygens (including phenoxy) is 7. The van der Waals surface area contributed by atoms with E-state index in [0.717, 1.165) is 10.7 Å². The Bertz CT molecular complexity index is 676. The molecule has 3 amide bonds. The maximum Gasteiger partial charge on any atom is 0.330 e. The van der Waals surface area contributed by atoms with Crippen LogP contribution in [0.25, 0.3) is 0 Å². The number of imide groups is 1. The number of nitrogens with one attached hydrogen (secondary N) is 1. The van der Waals surface area contributed by atoms with Crippen molar-refractivity contribution < 1.29 is 47.9 Å². The molecule has 12 nitrogen and oxygen atoms in total. The van der Waals surface area contributed by atoms with Gasteiger partial charge in [-0.1, -0.05) is 42.0 Å². The molecule has 202 valence electrons. The van der Waals surface area contributed by atoms with Crippen LogP contribution in [0, 0.1) is 0 Å². The number of urea groups is 1. The second-order valence-corrected chi connectivity index (χ2v) is 9.96. The third-order valence-corrected chi connectivity index (χ3v) is 7.35. The third-order valence-electron chi connectivity index (χ3n) is 4.85. The second-order valence-electron chi connectivity index (χ2n) is 7.41. The number of nitrogens with zero attached hydrogens (tertiary/aromatic N) is 1. The fourth-order valence-corrected chi connectivity index (χ4v) is 5.57. The minimum absolute atomic E-state index is 0.00325. The predicted molar refractivity (Wildman–Crippen MR) is 129 cm³/mol. The van der Waals surface area contributed by atoms with Gasteiger partial charge < -0.3 is 38.3 Å². The summed E-state index contributed by atoms with van der Waals surface area (Å²) in [5.41, 5.74) is 0. The lowest BCUT2D eigenvalue weighted by molar-refractivity contribution is -0.249. The van der Waals surface area contributed by atoms with Crippen LogP contribution < -0.4 is 5.32 Å². The third kappa shape index (κ3) is 9.80. The van der Waals surface area contributed by atoms with Crippen LogP contribution in [-0.4, -0.2) is 104 Å². The van der Waals surface area contributed by atoms with E-state index < -0.39 is 43.3 Å². The topological polar surface area (TPSA) is 134 Å². The number of amides is 3. The minimum atomic E-state index is -0.869. The molecule has 0 aromatic heterocycles. The van der Waals surface area contributed by atoms with Gasteiger partial charge in [0.25, 0.3) is 13.0 Å². The van der Waals surface area contributed by atoms with Gasteiger partial charge in [0.15, 0.2) is 0 Å². The highest BCUT2D eigenvalue weighted by Crippen LogP contribution is 2.29. The van der Waals surface area contributed by atoms with E-state index in [1.165, 1.54) is 20.2 Å². The standard InChI is InChI=1S/C19H30N2O10S2.C2H6/c1-4-21(17(24)20-11(2)22)16-5-14(23)15(31-16)8-28-19-27-7-13(30-19)10-33-32-9-12-6-26-18(25-3)29-12;1-2/h4,12-16,18-19,23H,1,5-10H2,2-3H3,(H,20,22,24);1-2H3. The summed E-state index contributed by atoms with van der Waals surface area (Å²) in [7, 11) is 4.83. The van der Waals surface area contributed by atoms with Crippen LogP contribution in [0.1, 0.15) is 27.2 Å². The van der Waals surface area contributed by atoms with Crippen molar-refractivity contribution in [3.05, 3.63) is 12.8 Å². The average molecular weight is 541 g/mol. The molecule has 3 aliphatic heterocycles. The quantitative estimate of drug-likeness (QED) is 0.291. The Kier molecular flexibility index (Phi) is 13.9. The number of methoxy groups -OCH3 is 1.